The Morgan fingerprint density at radius 3 is 2.67 bits per heavy atom. The molecule has 1 aliphatic rings. The Balaban J connectivity index is 1.77. The normalized spacial score (nSPS) is 17.0. The number of ketones is 1. The van der Waals surface area contributed by atoms with Gasteiger partial charge in [0.2, 0.25) is 0 Å². The highest BCUT2D eigenvalue weighted by Crippen LogP contribution is 2.22. The quantitative estimate of drug-likeness (QED) is 0.642. The predicted molar refractivity (Wildman–Crippen MR) is 93.7 cm³/mol. The fourth-order valence-electron chi connectivity index (χ4n) is 2.79. The van der Waals surface area contributed by atoms with Gasteiger partial charge in [-0.2, -0.15) is 4.80 Å². The second-order valence-electron chi connectivity index (χ2n) is 7.54. The van der Waals surface area contributed by atoms with Crippen LogP contribution in [0.3, 0.4) is 0 Å². The highest BCUT2D eigenvalue weighted by atomic mass is 16.6. The Morgan fingerprint density at radius 1 is 1.26 bits per heavy atom. The molecule has 0 N–H and O–H groups in total. The fraction of sp³-hybridized carbons (Fsp3) is 0.765. The smallest absolute Gasteiger partial charge is 0.410 e. The van der Waals surface area contributed by atoms with E-state index in [-0.39, 0.29) is 43.2 Å². The third kappa shape index (κ3) is 6.95. The molecule has 0 bridgehead atoms. The van der Waals surface area contributed by atoms with Gasteiger partial charge in [0.1, 0.15) is 18.6 Å². The van der Waals surface area contributed by atoms with Crippen molar-refractivity contribution in [1.29, 1.82) is 0 Å². The minimum absolute atomic E-state index is 0.0151. The van der Waals surface area contributed by atoms with Crippen molar-refractivity contribution < 1.29 is 23.9 Å². The van der Waals surface area contributed by atoms with E-state index >= 15 is 0 Å². The van der Waals surface area contributed by atoms with Gasteiger partial charge in [0.05, 0.1) is 6.61 Å². The number of ether oxygens (including phenoxy) is 2. The van der Waals surface area contributed by atoms with E-state index in [4.69, 9.17) is 9.47 Å². The van der Waals surface area contributed by atoms with Crippen LogP contribution in [0.4, 0.5) is 4.79 Å². The van der Waals surface area contributed by atoms with Crippen molar-refractivity contribution in [2.45, 2.75) is 59.1 Å². The minimum Gasteiger partial charge on any atom is -0.466 e. The van der Waals surface area contributed by atoms with Crippen molar-refractivity contribution >= 4 is 17.8 Å². The number of likely N-dealkylation sites (tertiary alicyclic amines) is 1. The number of esters is 1. The van der Waals surface area contributed by atoms with Gasteiger partial charge in [-0.15, -0.1) is 10.2 Å². The van der Waals surface area contributed by atoms with Gasteiger partial charge in [0.15, 0.2) is 11.6 Å². The predicted octanol–water partition coefficient (Wildman–Crippen LogP) is 0.995. The van der Waals surface area contributed by atoms with Gasteiger partial charge >= 0.3 is 12.1 Å². The maximum Gasteiger partial charge on any atom is 0.410 e. The summed E-state index contributed by atoms with van der Waals surface area (Å²) in [4.78, 5) is 38.5. The number of hydrogen-bond acceptors (Lipinski definition) is 8. The summed E-state index contributed by atoms with van der Waals surface area (Å²) in [5, 5.41) is 11.6. The molecule has 0 radical (unpaired) electrons. The van der Waals surface area contributed by atoms with Crippen molar-refractivity contribution in [1.82, 2.24) is 25.1 Å². The monoisotopic (exact) mass is 381 g/mol. The number of carbonyl (C=O) groups is 3. The molecule has 0 saturated carbocycles. The Bertz CT molecular complexity index is 681. The first-order valence-electron chi connectivity index (χ1n) is 9.08. The molecular formula is C17H27N5O5. The third-order valence-corrected chi connectivity index (χ3v) is 3.87. The van der Waals surface area contributed by atoms with Crippen molar-refractivity contribution in [2.24, 2.45) is 5.92 Å². The molecule has 0 unspecified atom stereocenters. The first-order chi connectivity index (χ1) is 12.7. The Kier molecular flexibility index (Phi) is 6.86. The molecule has 2 heterocycles. The molecule has 10 heteroatoms. The maximum absolute atomic E-state index is 12.3. The van der Waals surface area contributed by atoms with Crippen molar-refractivity contribution in [3.05, 3.63) is 5.82 Å². The third-order valence-electron chi connectivity index (χ3n) is 3.87. The van der Waals surface area contributed by atoms with Crippen LogP contribution in [0.1, 0.15) is 46.4 Å². The highest BCUT2D eigenvalue weighted by Gasteiger charge is 2.30. The summed E-state index contributed by atoms with van der Waals surface area (Å²) in [5.41, 5.74) is -0.537. The van der Waals surface area contributed by atoms with Crippen molar-refractivity contribution in [3.8, 4) is 0 Å². The first-order valence-corrected chi connectivity index (χ1v) is 9.08. The van der Waals surface area contributed by atoms with Crippen molar-refractivity contribution in [3.63, 3.8) is 0 Å². The summed E-state index contributed by atoms with van der Waals surface area (Å²) in [6.45, 7) is 8.54. The zero-order valence-corrected chi connectivity index (χ0v) is 16.3. The average Bonchev–Trinajstić information content (AvgIpc) is 3.15. The number of carbonyl (C=O) groups excluding carboxylic acids is 3. The summed E-state index contributed by atoms with van der Waals surface area (Å²) in [6, 6.07) is 0. The van der Waals surface area contributed by atoms with E-state index in [2.05, 4.69) is 15.4 Å². The van der Waals surface area contributed by atoms with E-state index in [0.29, 0.717) is 19.5 Å². The summed E-state index contributed by atoms with van der Waals surface area (Å²) in [7, 11) is 0. The van der Waals surface area contributed by atoms with Crippen LogP contribution < -0.4 is 0 Å². The lowest BCUT2D eigenvalue weighted by molar-refractivity contribution is -0.142. The lowest BCUT2D eigenvalue weighted by Crippen LogP contribution is -2.35. The molecule has 1 fully saturated rings. The van der Waals surface area contributed by atoms with Crippen LogP contribution in [0, 0.1) is 5.92 Å². The topological polar surface area (TPSA) is 117 Å². The van der Waals surface area contributed by atoms with E-state index < -0.39 is 11.6 Å². The van der Waals surface area contributed by atoms with Gasteiger partial charge < -0.3 is 14.4 Å². The number of Topliss-reactive ketones (excluding diaryl/α,β-unsaturated/α-hetero) is 1. The average molecular weight is 381 g/mol. The molecule has 1 aromatic rings. The summed E-state index contributed by atoms with van der Waals surface area (Å²) >= 11 is 0. The molecule has 0 aromatic carbocycles. The number of amides is 1. The van der Waals surface area contributed by atoms with Gasteiger partial charge in [0, 0.05) is 19.5 Å². The lowest BCUT2D eigenvalue weighted by atomic mass is 10.0. The highest BCUT2D eigenvalue weighted by molar-refractivity contribution is 5.78. The van der Waals surface area contributed by atoms with Crippen LogP contribution in [0.5, 0.6) is 0 Å². The molecule has 0 aliphatic carbocycles. The van der Waals surface area contributed by atoms with Crippen LogP contribution in [0.15, 0.2) is 0 Å². The molecule has 2 rings (SSSR count). The van der Waals surface area contributed by atoms with Gasteiger partial charge in [-0.25, -0.2) is 4.79 Å². The summed E-state index contributed by atoms with van der Waals surface area (Å²) < 4.78 is 10.2. The van der Waals surface area contributed by atoms with Gasteiger partial charge in [-0.3, -0.25) is 9.59 Å². The Morgan fingerprint density at radius 2 is 2.00 bits per heavy atom. The standard InChI is InChI=1S/C17H27N5O5/c1-5-26-15(24)9-14-18-20-22(19-14)11-13(23)8-12-6-7-21(10-12)16(25)27-17(2,3)4/h12H,5-11H2,1-4H3/t12-/m1/s1. The van der Waals surface area contributed by atoms with E-state index in [1.54, 1.807) is 11.8 Å². The zero-order chi connectivity index (χ0) is 20.0. The molecular weight excluding hydrogens is 354 g/mol. The molecule has 27 heavy (non-hydrogen) atoms. The molecule has 150 valence electrons. The second kappa shape index (κ2) is 8.92. The molecule has 1 atom stereocenters. The van der Waals surface area contributed by atoms with E-state index in [0.717, 1.165) is 6.42 Å². The molecule has 1 amide bonds. The number of aromatic nitrogens is 4. The lowest BCUT2D eigenvalue weighted by Gasteiger charge is -2.24. The molecule has 1 saturated heterocycles. The van der Waals surface area contributed by atoms with Crippen LogP contribution in [0.25, 0.3) is 0 Å². The fourth-order valence-corrected chi connectivity index (χ4v) is 2.79. The van der Waals surface area contributed by atoms with E-state index in [1.807, 2.05) is 20.8 Å². The maximum atomic E-state index is 12.3. The van der Waals surface area contributed by atoms with Crippen LogP contribution in [-0.4, -0.2) is 68.3 Å². The second-order valence-corrected chi connectivity index (χ2v) is 7.54. The van der Waals surface area contributed by atoms with E-state index in [1.165, 1.54) is 4.80 Å². The summed E-state index contributed by atoms with van der Waals surface area (Å²) in [6.07, 6.45) is 0.659. The van der Waals surface area contributed by atoms with Gasteiger partial charge in [0.25, 0.3) is 0 Å². The minimum atomic E-state index is -0.537. The number of tetrazole rings is 1. The number of hydrogen-bond donors (Lipinski definition) is 0. The van der Waals surface area contributed by atoms with Gasteiger partial charge in [-0.05, 0) is 45.2 Å². The van der Waals surface area contributed by atoms with Crippen LogP contribution in [0.2, 0.25) is 0 Å². The Hall–Kier alpha value is -2.52. The first kappa shape index (κ1) is 20.8. The Labute approximate surface area is 158 Å². The SMILES string of the molecule is CCOC(=O)Cc1nnn(CC(=O)C[C@H]2CCN(C(=O)OC(C)(C)C)C2)n1. The summed E-state index contributed by atoms with van der Waals surface area (Å²) in [5.74, 6) is -0.173. The molecule has 1 aliphatic heterocycles. The van der Waals surface area contributed by atoms with Crippen LogP contribution in [-0.2, 0) is 32.0 Å². The van der Waals surface area contributed by atoms with Crippen LogP contribution >= 0.6 is 0 Å². The number of nitrogens with zero attached hydrogens (tertiary/aromatic N) is 5. The largest absolute Gasteiger partial charge is 0.466 e. The zero-order valence-electron chi connectivity index (χ0n) is 16.3. The molecule has 0 spiro atoms. The molecule has 1 aromatic heterocycles. The van der Waals surface area contributed by atoms with Crippen molar-refractivity contribution in [2.75, 3.05) is 19.7 Å². The molecule has 10 nitrogen and oxygen atoms in total. The van der Waals surface area contributed by atoms with E-state index in [9.17, 15) is 14.4 Å². The number of rotatable bonds is 7. The van der Waals surface area contributed by atoms with Gasteiger partial charge in [-0.1, -0.05) is 0 Å².